The summed E-state index contributed by atoms with van der Waals surface area (Å²) in [5.41, 5.74) is 1.31. The van der Waals surface area contributed by atoms with Gasteiger partial charge in [0.1, 0.15) is 11.2 Å². The summed E-state index contributed by atoms with van der Waals surface area (Å²) in [7, 11) is 0. The van der Waals surface area contributed by atoms with E-state index >= 15 is 0 Å². The van der Waals surface area contributed by atoms with Crippen LogP contribution in [0.15, 0.2) is 21.3 Å². The molecule has 132 valence electrons. The Labute approximate surface area is 145 Å². The van der Waals surface area contributed by atoms with Crippen LogP contribution in [0.1, 0.15) is 19.8 Å². The molecule has 24 heavy (non-hydrogen) atoms. The van der Waals surface area contributed by atoms with Crippen molar-refractivity contribution in [2.24, 2.45) is 9.98 Å². The fraction of sp³-hybridized carbons (Fsp3) is 0.688. The van der Waals surface area contributed by atoms with Crippen LogP contribution in [-0.2, 0) is 9.53 Å². The van der Waals surface area contributed by atoms with Gasteiger partial charge in [-0.25, -0.2) is 9.18 Å². The Balaban J connectivity index is 1.74. The highest BCUT2D eigenvalue weighted by atomic mass is 32.2. The van der Waals surface area contributed by atoms with E-state index in [4.69, 9.17) is 4.74 Å². The number of esters is 1. The number of likely N-dealkylation sites (tertiary alicyclic amines) is 1. The van der Waals surface area contributed by atoms with Gasteiger partial charge in [-0.1, -0.05) is 6.92 Å². The highest BCUT2D eigenvalue weighted by Crippen LogP contribution is 2.20. The number of ether oxygens (including phenoxy) is 1. The molecule has 0 aromatic carbocycles. The minimum absolute atomic E-state index is 0.284. The van der Waals surface area contributed by atoms with E-state index in [1.54, 1.807) is 11.8 Å². The summed E-state index contributed by atoms with van der Waals surface area (Å²) in [4.78, 5) is 23.2. The minimum atomic E-state index is -0.785. The lowest BCUT2D eigenvalue weighted by Gasteiger charge is -2.25. The molecule has 0 aromatic rings. The van der Waals surface area contributed by atoms with Crippen LogP contribution in [0.2, 0.25) is 0 Å². The van der Waals surface area contributed by atoms with Gasteiger partial charge >= 0.3 is 5.97 Å². The van der Waals surface area contributed by atoms with Crippen LogP contribution in [0.25, 0.3) is 0 Å². The van der Waals surface area contributed by atoms with Crippen molar-refractivity contribution in [1.82, 2.24) is 10.2 Å². The molecule has 3 heterocycles. The Morgan fingerprint density at radius 3 is 3.04 bits per heavy atom. The second kappa shape index (κ2) is 8.11. The Morgan fingerprint density at radius 1 is 1.50 bits per heavy atom. The smallest absolute Gasteiger partial charge is 0.337 e. The third kappa shape index (κ3) is 4.16. The number of carbonyl (C=O) groups excluding carboxylic acids is 1. The third-order valence-corrected chi connectivity index (χ3v) is 5.08. The lowest BCUT2D eigenvalue weighted by molar-refractivity contribution is -0.139. The number of amidine groups is 1. The monoisotopic (exact) mass is 354 g/mol. The first-order valence-corrected chi connectivity index (χ1v) is 9.40. The molecule has 1 N–H and O–H groups in total. The number of thioether (sulfide) groups is 1. The number of alkyl halides is 1. The molecule has 1 fully saturated rings. The second-order valence-corrected chi connectivity index (χ2v) is 7.12. The first kappa shape index (κ1) is 17.4. The van der Waals surface area contributed by atoms with Gasteiger partial charge in [0.2, 0.25) is 0 Å². The van der Waals surface area contributed by atoms with Crippen molar-refractivity contribution in [3.63, 3.8) is 0 Å². The maximum Gasteiger partial charge on any atom is 0.337 e. The van der Waals surface area contributed by atoms with Gasteiger partial charge in [0, 0.05) is 37.6 Å². The molecule has 0 aromatic heterocycles. The molecule has 0 saturated carbocycles. The van der Waals surface area contributed by atoms with Crippen LogP contribution in [0.5, 0.6) is 0 Å². The predicted octanol–water partition coefficient (Wildman–Crippen LogP) is 1.38. The summed E-state index contributed by atoms with van der Waals surface area (Å²) < 4.78 is 18.7. The molecule has 3 rings (SSSR count). The standard InChI is InChI=1S/C16H23FN4O2S/c1-2-6-23-16(22)12-8-19-14(15-18-4-7-24-15)20-13(12)10-21-5-3-11(17)9-21/h11H,2-10H2,1H3,(H,19,20). The molecule has 0 bridgehead atoms. The van der Waals surface area contributed by atoms with Gasteiger partial charge in [-0.3, -0.25) is 14.9 Å². The van der Waals surface area contributed by atoms with E-state index in [-0.39, 0.29) is 12.5 Å². The number of rotatable bonds is 6. The molecule has 1 saturated heterocycles. The summed E-state index contributed by atoms with van der Waals surface area (Å²) in [5, 5.41) is 4.14. The average Bonchev–Trinajstić information content (AvgIpc) is 3.24. The fourth-order valence-corrected chi connectivity index (χ4v) is 3.68. The third-order valence-electron chi connectivity index (χ3n) is 4.10. The molecule has 0 aliphatic carbocycles. The SMILES string of the molecule is CCCOC(=O)C1=C(CN2CCC(F)C2)NC(C2=NCCS2)=NC1. The van der Waals surface area contributed by atoms with Crippen LogP contribution < -0.4 is 5.32 Å². The Bertz CT molecular complexity index is 591. The van der Waals surface area contributed by atoms with Crippen molar-refractivity contribution in [2.75, 3.05) is 45.1 Å². The van der Waals surface area contributed by atoms with Gasteiger partial charge in [-0.2, -0.15) is 0 Å². The zero-order chi connectivity index (χ0) is 16.9. The molecule has 6 nitrogen and oxygen atoms in total. The van der Waals surface area contributed by atoms with Crippen molar-refractivity contribution < 1.29 is 13.9 Å². The Kier molecular flexibility index (Phi) is 5.89. The van der Waals surface area contributed by atoms with E-state index in [2.05, 4.69) is 15.3 Å². The zero-order valence-electron chi connectivity index (χ0n) is 13.9. The highest BCUT2D eigenvalue weighted by molar-refractivity contribution is 8.16. The van der Waals surface area contributed by atoms with Crippen LogP contribution >= 0.6 is 11.8 Å². The zero-order valence-corrected chi connectivity index (χ0v) is 14.7. The molecule has 1 unspecified atom stereocenters. The number of nitrogens with zero attached hydrogens (tertiary/aromatic N) is 3. The van der Waals surface area contributed by atoms with E-state index < -0.39 is 6.17 Å². The molecule has 1 atom stereocenters. The van der Waals surface area contributed by atoms with Crippen molar-refractivity contribution in [3.8, 4) is 0 Å². The maximum atomic E-state index is 13.5. The van der Waals surface area contributed by atoms with Crippen LogP contribution in [-0.4, -0.2) is 73.0 Å². The van der Waals surface area contributed by atoms with Crippen LogP contribution in [0.3, 0.4) is 0 Å². The van der Waals surface area contributed by atoms with Crippen molar-refractivity contribution in [2.45, 2.75) is 25.9 Å². The van der Waals surface area contributed by atoms with Gasteiger partial charge in [0.15, 0.2) is 5.84 Å². The molecule has 0 amide bonds. The number of aliphatic imine (C=N–C) groups is 2. The summed E-state index contributed by atoms with van der Waals surface area (Å²) in [6.07, 6.45) is 0.541. The molecule has 8 heteroatoms. The normalized spacial score (nSPS) is 24.7. The maximum absolute atomic E-state index is 13.5. The molecule has 0 radical (unpaired) electrons. The quantitative estimate of drug-likeness (QED) is 0.730. The summed E-state index contributed by atoms with van der Waals surface area (Å²) >= 11 is 1.66. The molecule has 3 aliphatic rings. The van der Waals surface area contributed by atoms with Gasteiger partial charge in [0.25, 0.3) is 0 Å². The number of hydrogen-bond acceptors (Lipinski definition) is 7. The molecule has 3 aliphatic heterocycles. The molecule has 0 spiro atoms. The number of carbonyl (C=O) groups is 1. The number of halogens is 1. The van der Waals surface area contributed by atoms with Gasteiger partial charge in [-0.05, 0) is 12.8 Å². The first-order chi connectivity index (χ1) is 11.7. The summed E-state index contributed by atoms with van der Waals surface area (Å²) in [5.74, 6) is 1.34. The van der Waals surface area contributed by atoms with Crippen LogP contribution in [0, 0.1) is 0 Å². The highest BCUT2D eigenvalue weighted by Gasteiger charge is 2.29. The van der Waals surface area contributed by atoms with Crippen molar-refractivity contribution in [3.05, 3.63) is 11.3 Å². The van der Waals surface area contributed by atoms with Gasteiger partial charge in [0.05, 0.1) is 18.7 Å². The van der Waals surface area contributed by atoms with E-state index in [0.717, 1.165) is 35.3 Å². The second-order valence-electron chi connectivity index (χ2n) is 6.04. The van der Waals surface area contributed by atoms with Crippen LogP contribution in [0.4, 0.5) is 4.39 Å². The van der Waals surface area contributed by atoms with Crippen molar-refractivity contribution >= 4 is 28.6 Å². The summed E-state index contributed by atoms with van der Waals surface area (Å²) in [6, 6.07) is 0. The fourth-order valence-electron chi connectivity index (χ4n) is 2.87. The van der Waals surface area contributed by atoms with E-state index in [1.807, 2.05) is 11.8 Å². The van der Waals surface area contributed by atoms with E-state index in [9.17, 15) is 9.18 Å². The average molecular weight is 354 g/mol. The summed E-state index contributed by atoms with van der Waals surface area (Å²) in [6.45, 7) is 5.04. The van der Waals surface area contributed by atoms with E-state index in [0.29, 0.717) is 38.2 Å². The molecular formula is C16H23FN4O2S. The Morgan fingerprint density at radius 2 is 2.38 bits per heavy atom. The minimum Gasteiger partial charge on any atom is -0.462 e. The van der Waals surface area contributed by atoms with E-state index in [1.165, 1.54) is 0 Å². The largest absolute Gasteiger partial charge is 0.462 e. The number of nitrogens with one attached hydrogen (secondary N) is 1. The van der Waals surface area contributed by atoms with Crippen molar-refractivity contribution in [1.29, 1.82) is 0 Å². The molecular weight excluding hydrogens is 331 g/mol. The van der Waals surface area contributed by atoms with Gasteiger partial charge in [-0.15, -0.1) is 11.8 Å². The lowest BCUT2D eigenvalue weighted by atomic mass is 10.1. The Hall–Kier alpha value is -1.41. The number of hydrogen-bond donors (Lipinski definition) is 1. The lowest BCUT2D eigenvalue weighted by Crippen LogP contribution is -2.40. The topological polar surface area (TPSA) is 66.3 Å². The first-order valence-electron chi connectivity index (χ1n) is 8.42. The predicted molar refractivity (Wildman–Crippen MR) is 94.4 cm³/mol. The van der Waals surface area contributed by atoms with Gasteiger partial charge < -0.3 is 10.1 Å².